The zero-order chi connectivity index (χ0) is 20.2. The Kier molecular flexibility index (Phi) is 9.06. The number of aldehydes is 1. The minimum absolute atomic E-state index is 0.260. The maximum Gasteiger partial charge on any atom is 0.335 e. The number of benzene rings is 1. The van der Waals surface area contributed by atoms with Gasteiger partial charge in [0.15, 0.2) is 12.4 Å². The summed E-state index contributed by atoms with van der Waals surface area (Å²) in [5.74, 6) is 0.369. The van der Waals surface area contributed by atoms with E-state index < -0.39 is 18.4 Å². The van der Waals surface area contributed by atoms with Crippen molar-refractivity contribution in [3.63, 3.8) is 0 Å². The lowest BCUT2D eigenvalue weighted by molar-refractivity contribution is -0.183. The fourth-order valence-corrected chi connectivity index (χ4v) is 2.60. The first-order chi connectivity index (χ1) is 13.7. The number of hydrogen-bond donors (Lipinski definition) is 0. The van der Waals surface area contributed by atoms with E-state index in [4.69, 9.17) is 29.2 Å². The van der Waals surface area contributed by atoms with Crippen LogP contribution in [0.3, 0.4) is 0 Å². The molecule has 2 rings (SSSR count). The highest BCUT2D eigenvalue weighted by atomic mass is 16.7. The molecule has 0 spiro atoms. The van der Waals surface area contributed by atoms with Crippen LogP contribution in [0.2, 0.25) is 0 Å². The summed E-state index contributed by atoms with van der Waals surface area (Å²) in [7, 11) is 1.31. The number of esters is 1. The highest BCUT2D eigenvalue weighted by Gasteiger charge is 2.30. The molecule has 1 heterocycles. The molecule has 1 aliphatic rings. The lowest BCUT2D eigenvalue weighted by Crippen LogP contribution is -2.37. The third-order valence-electron chi connectivity index (χ3n) is 3.95. The van der Waals surface area contributed by atoms with Crippen molar-refractivity contribution in [3.05, 3.63) is 34.2 Å². The van der Waals surface area contributed by atoms with Crippen molar-refractivity contribution in [1.82, 2.24) is 0 Å². The van der Waals surface area contributed by atoms with Crippen LogP contribution >= 0.6 is 0 Å². The topological polar surface area (TPSA) is 129 Å². The molecule has 0 bridgehead atoms. The number of carbonyl (C=O) groups is 2. The maximum absolute atomic E-state index is 11.7. The molecule has 1 aromatic rings. The van der Waals surface area contributed by atoms with E-state index in [1.807, 2.05) is 0 Å². The van der Waals surface area contributed by atoms with E-state index in [0.717, 1.165) is 6.42 Å². The van der Waals surface area contributed by atoms with E-state index in [9.17, 15) is 9.59 Å². The second-order valence-electron chi connectivity index (χ2n) is 5.86. The Morgan fingerprint density at radius 3 is 2.96 bits per heavy atom. The molecule has 152 valence electrons. The van der Waals surface area contributed by atoms with Crippen LogP contribution in [0.1, 0.15) is 29.6 Å². The van der Waals surface area contributed by atoms with Crippen molar-refractivity contribution < 1.29 is 33.3 Å². The highest BCUT2D eigenvalue weighted by molar-refractivity contribution is 5.79. The number of ether oxygens (including phenoxy) is 5. The zero-order valence-corrected chi connectivity index (χ0v) is 15.6. The van der Waals surface area contributed by atoms with Crippen LogP contribution < -0.4 is 9.47 Å². The average molecular weight is 393 g/mol. The molecule has 10 nitrogen and oxygen atoms in total. The lowest BCUT2D eigenvalue weighted by atomic mass is 10.1. The van der Waals surface area contributed by atoms with E-state index in [-0.39, 0.29) is 13.2 Å². The third-order valence-corrected chi connectivity index (χ3v) is 3.95. The van der Waals surface area contributed by atoms with Crippen LogP contribution in [0.4, 0.5) is 0 Å². The SMILES string of the molecule is COC(=O)[C@@H]1CCC[C@H](Oc2cc(OCCOCCN=[N+]=[N-])ccc2C=O)O1. The summed E-state index contributed by atoms with van der Waals surface area (Å²) in [5.41, 5.74) is 8.52. The van der Waals surface area contributed by atoms with Crippen LogP contribution in [-0.4, -0.2) is 58.1 Å². The maximum atomic E-state index is 11.7. The van der Waals surface area contributed by atoms with E-state index in [0.29, 0.717) is 49.4 Å². The van der Waals surface area contributed by atoms with Crippen molar-refractivity contribution in [3.8, 4) is 11.5 Å². The van der Waals surface area contributed by atoms with Gasteiger partial charge >= 0.3 is 5.97 Å². The predicted octanol–water partition coefficient (Wildman–Crippen LogP) is 2.65. The summed E-state index contributed by atoms with van der Waals surface area (Å²) < 4.78 is 27.0. The quantitative estimate of drug-likeness (QED) is 0.141. The fraction of sp³-hybridized carbons (Fsp3) is 0.556. The molecular weight excluding hydrogens is 370 g/mol. The van der Waals surface area contributed by atoms with Gasteiger partial charge in [0.25, 0.3) is 0 Å². The minimum Gasteiger partial charge on any atom is -0.491 e. The molecule has 10 heteroatoms. The highest BCUT2D eigenvalue weighted by Crippen LogP contribution is 2.28. The Bertz CT molecular complexity index is 706. The normalized spacial score (nSPS) is 18.6. The van der Waals surface area contributed by atoms with Gasteiger partial charge in [-0.15, -0.1) is 0 Å². The van der Waals surface area contributed by atoms with Crippen LogP contribution in [0.5, 0.6) is 11.5 Å². The van der Waals surface area contributed by atoms with Gasteiger partial charge in [-0.05, 0) is 30.5 Å². The largest absolute Gasteiger partial charge is 0.491 e. The van der Waals surface area contributed by atoms with E-state index >= 15 is 0 Å². The van der Waals surface area contributed by atoms with Crippen molar-refractivity contribution in [2.24, 2.45) is 5.11 Å². The average Bonchev–Trinajstić information content (AvgIpc) is 2.73. The van der Waals surface area contributed by atoms with Crippen LogP contribution in [0, 0.1) is 0 Å². The second-order valence-corrected chi connectivity index (χ2v) is 5.86. The van der Waals surface area contributed by atoms with Gasteiger partial charge in [0.1, 0.15) is 18.1 Å². The molecule has 0 N–H and O–H groups in total. The van der Waals surface area contributed by atoms with E-state index in [1.165, 1.54) is 7.11 Å². The number of methoxy groups -OCH3 is 1. The van der Waals surface area contributed by atoms with Gasteiger partial charge in [-0.25, -0.2) is 4.79 Å². The second kappa shape index (κ2) is 11.8. The molecule has 0 radical (unpaired) electrons. The Balaban J connectivity index is 1.90. The van der Waals surface area contributed by atoms with E-state index in [2.05, 4.69) is 10.0 Å². The minimum atomic E-state index is -0.676. The molecule has 2 atom stereocenters. The molecule has 1 fully saturated rings. The van der Waals surface area contributed by atoms with Gasteiger partial charge in [-0.3, -0.25) is 4.79 Å². The summed E-state index contributed by atoms with van der Waals surface area (Å²) in [6.07, 6.45) is 1.25. The van der Waals surface area contributed by atoms with E-state index in [1.54, 1.807) is 18.2 Å². The Hall–Kier alpha value is -2.81. The molecule has 0 unspecified atom stereocenters. The number of rotatable bonds is 11. The Labute approximate surface area is 162 Å². The van der Waals surface area contributed by atoms with Gasteiger partial charge in [-0.2, -0.15) is 0 Å². The Morgan fingerprint density at radius 1 is 1.36 bits per heavy atom. The van der Waals surface area contributed by atoms with Gasteiger partial charge in [-0.1, -0.05) is 5.11 Å². The summed E-state index contributed by atoms with van der Waals surface area (Å²) in [6, 6.07) is 4.82. The van der Waals surface area contributed by atoms with Gasteiger partial charge < -0.3 is 23.7 Å². The van der Waals surface area contributed by atoms with Crippen molar-refractivity contribution in [1.29, 1.82) is 0 Å². The molecule has 1 saturated heterocycles. The standard InChI is InChI=1S/C18H23N3O7/c1-24-18(23)15-3-2-4-17(27-15)28-16-11-14(6-5-13(16)12-22)26-10-9-25-8-7-20-21-19/h5-6,11-12,15,17H,2-4,7-10H2,1H3/t15-,17-/m0/s1. The Morgan fingerprint density at radius 2 is 2.21 bits per heavy atom. The van der Waals surface area contributed by atoms with Crippen LogP contribution in [0.25, 0.3) is 10.4 Å². The fourth-order valence-electron chi connectivity index (χ4n) is 2.60. The first-order valence-electron chi connectivity index (χ1n) is 8.88. The van der Waals surface area contributed by atoms with Crippen LogP contribution in [0.15, 0.2) is 23.3 Å². The number of azide groups is 1. The number of hydrogen-bond acceptors (Lipinski definition) is 8. The number of carbonyl (C=O) groups excluding carboxylic acids is 2. The molecule has 0 aliphatic carbocycles. The molecule has 28 heavy (non-hydrogen) atoms. The van der Waals surface area contributed by atoms with Crippen LogP contribution in [-0.2, 0) is 19.0 Å². The summed E-state index contributed by atoms with van der Waals surface area (Å²) in [6.45, 7) is 1.17. The molecule has 1 aliphatic heterocycles. The summed E-state index contributed by atoms with van der Waals surface area (Å²) in [5, 5.41) is 3.36. The van der Waals surface area contributed by atoms with Gasteiger partial charge in [0.2, 0.25) is 6.29 Å². The molecule has 1 aromatic carbocycles. The molecular formula is C18H23N3O7. The van der Waals surface area contributed by atoms with Crippen molar-refractivity contribution in [2.75, 3.05) is 33.5 Å². The molecule has 0 amide bonds. The first kappa shape index (κ1) is 21.5. The summed E-state index contributed by atoms with van der Waals surface area (Å²) in [4.78, 5) is 25.6. The summed E-state index contributed by atoms with van der Waals surface area (Å²) >= 11 is 0. The predicted molar refractivity (Wildman–Crippen MR) is 97.3 cm³/mol. The van der Waals surface area contributed by atoms with Crippen molar-refractivity contribution >= 4 is 12.3 Å². The monoisotopic (exact) mass is 393 g/mol. The number of nitrogens with zero attached hydrogens (tertiary/aromatic N) is 3. The van der Waals surface area contributed by atoms with Gasteiger partial charge in [0, 0.05) is 23.9 Å². The lowest BCUT2D eigenvalue weighted by Gasteiger charge is -2.29. The third kappa shape index (κ3) is 6.73. The first-order valence-corrected chi connectivity index (χ1v) is 8.88. The smallest absolute Gasteiger partial charge is 0.335 e. The zero-order valence-electron chi connectivity index (χ0n) is 15.6. The molecule has 0 saturated carbocycles. The van der Waals surface area contributed by atoms with Gasteiger partial charge in [0.05, 0.1) is 25.9 Å². The van der Waals surface area contributed by atoms with Crippen molar-refractivity contribution in [2.45, 2.75) is 31.7 Å². The molecule has 0 aromatic heterocycles.